The second kappa shape index (κ2) is 6.28. The third-order valence-electron chi connectivity index (χ3n) is 3.35. The maximum atomic E-state index is 12.5. The standard InChI is InChI=1S/C14H18BrNO3/c1-18-12-5-3-4-11(13(12)19-2)14(17)16-8-6-10(15)7-9-16/h3-5,10H,6-9H2,1-2H3. The van der Waals surface area contributed by atoms with Crippen molar-refractivity contribution in [2.24, 2.45) is 0 Å². The number of ether oxygens (including phenoxy) is 2. The normalized spacial score (nSPS) is 16.3. The molecule has 2 rings (SSSR count). The lowest BCUT2D eigenvalue weighted by atomic mass is 10.1. The van der Waals surface area contributed by atoms with Crippen LogP contribution in [-0.4, -0.2) is 42.9 Å². The van der Waals surface area contributed by atoms with Crippen LogP contribution in [0.4, 0.5) is 0 Å². The Kier molecular flexibility index (Phi) is 4.69. The van der Waals surface area contributed by atoms with Crippen LogP contribution in [0.25, 0.3) is 0 Å². The monoisotopic (exact) mass is 327 g/mol. The molecule has 1 aromatic carbocycles. The van der Waals surface area contributed by atoms with Gasteiger partial charge >= 0.3 is 0 Å². The second-order valence-electron chi connectivity index (χ2n) is 4.51. The van der Waals surface area contributed by atoms with Crippen LogP contribution in [0, 0.1) is 0 Å². The number of halogens is 1. The van der Waals surface area contributed by atoms with Gasteiger partial charge in [0, 0.05) is 17.9 Å². The summed E-state index contributed by atoms with van der Waals surface area (Å²) in [7, 11) is 3.13. The number of para-hydroxylation sites is 1. The zero-order valence-electron chi connectivity index (χ0n) is 11.2. The molecule has 1 aromatic rings. The van der Waals surface area contributed by atoms with Gasteiger partial charge in [-0.3, -0.25) is 4.79 Å². The average molecular weight is 328 g/mol. The number of alkyl halides is 1. The molecular weight excluding hydrogens is 310 g/mol. The van der Waals surface area contributed by atoms with Crippen LogP contribution in [0.15, 0.2) is 18.2 Å². The minimum atomic E-state index is 0.00940. The lowest BCUT2D eigenvalue weighted by Crippen LogP contribution is -2.38. The van der Waals surface area contributed by atoms with Gasteiger partial charge in [-0.2, -0.15) is 0 Å². The van der Waals surface area contributed by atoms with Crippen LogP contribution in [0.2, 0.25) is 0 Å². The third-order valence-corrected chi connectivity index (χ3v) is 4.26. The number of benzene rings is 1. The molecule has 1 aliphatic rings. The summed E-state index contributed by atoms with van der Waals surface area (Å²) in [6, 6.07) is 5.38. The maximum absolute atomic E-state index is 12.5. The molecule has 0 aromatic heterocycles. The van der Waals surface area contributed by atoms with Crippen molar-refractivity contribution >= 4 is 21.8 Å². The molecule has 1 fully saturated rings. The van der Waals surface area contributed by atoms with E-state index in [-0.39, 0.29) is 5.91 Å². The van der Waals surface area contributed by atoms with E-state index in [0.717, 1.165) is 25.9 Å². The highest BCUT2D eigenvalue weighted by Crippen LogP contribution is 2.32. The first-order valence-electron chi connectivity index (χ1n) is 6.31. The van der Waals surface area contributed by atoms with E-state index in [1.807, 2.05) is 11.0 Å². The Morgan fingerprint density at radius 3 is 2.53 bits per heavy atom. The van der Waals surface area contributed by atoms with Gasteiger partial charge in [-0.1, -0.05) is 22.0 Å². The Morgan fingerprint density at radius 2 is 1.95 bits per heavy atom. The van der Waals surface area contributed by atoms with Gasteiger partial charge in [-0.05, 0) is 25.0 Å². The second-order valence-corrected chi connectivity index (χ2v) is 5.80. The molecule has 1 saturated heterocycles. The van der Waals surface area contributed by atoms with Gasteiger partial charge in [-0.25, -0.2) is 0 Å². The van der Waals surface area contributed by atoms with E-state index in [2.05, 4.69) is 15.9 Å². The van der Waals surface area contributed by atoms with Gasteiger partial charge in [0.25, 0.3) is 5.91 Å². The number of amides is 1. The SMILES string of the molecule is COc1cccc(C(=O)N2CCC(Br)CC2)c1OC. The third kappa shape index (κ3) is 3.03. The Balaban J connectivity index is 2.23. The van der Waals surface area contributed by atoms with E-state index in [1.165, 1.54) is 0 Å². The van der Waals surface area contributed by atoms with Gasteiger partial charge in [0.15, 0.2) is 11.5 Å². The van der Waals surface area contributed by atoms with Crippen LogP contribution < -0.4 is 9.47 Å². The van der Waals surface area contributed by atoms with Gasteiger partial charge < -0.3 is 14.4 Å². The Hall–Kier alpha value is -1.23. The summed E-state index contributed by atoms with van der Waals surface area (Å²) in [4.78, 5) is 14.9. The van der Waals surface area contributed by atoms with Crippen molar-refractivity contribution in [3.05, 3.63) is 23.8 Å². The van der Waals surface area contributed by atoms with Crippen LogP contribution in [0.5, 0.6) is 11.5 Å². The molecular formula is C14H18BrNO3. The molecule has 4 nitrogen and oxygen atoms in total. The molecule has 5 heteroatoms. The van der Waals surface area contributed by atoms with E-state index in [9.17, 15) is 4.79 Å². The summed E-state index contributed by atoms with van der Waals surface area (Å²) >= 11 is 3.59. The van der Waals surface area contributed by atoms with Gasteiger partial charge in [0.1, 0.15) is 0 Å². The molecule has 0 N–H and O–H groups in total. The predicted molar refractivity (Wildman–Crippen MR) is 77.4 cm³/mol. The fourth-order valence-corrected chi connectivity index (χ4v) is 2.69. The molecule has 0 radical (unpaired) electrons. The summed E-state index contributed by atoms with van der Waals surface area (Å²) in [5.74, 6) is 1.11. The molecule has 0 spiro atoms. The number of methoxy groups -OCH3 is 2. The number of rotatable bonds is 3. The number of carbonyl (C=O) groups is 1. The van der Waals surface area contributed by atoms with Crippen LogP contribution >= 0.6 is 15.9 Å². The molecule has 0 aliphatic carbocycles. The summed E-state index contributed by atoms with van der Waals surface area (Å²) in [6.45, 7) is 1.55. The highest BCUT2D eigenvalue weighted by Gasteiger charge is 2.25. The smallest absolute Gasteiger partial charge is 0.257 e. The van der Waals surface area contributed by atoms with Crippen molar-refractivity contribution in [1.29, 1.82) is 0 Å². The minimum Gasteiger partial charge on any atom is -0.493 e. The number of carbonyl (C=O) groups excluding carboxylic acids is 1. The molecule has 0 saturated carbocycles. The molecule has 0 unspecified atom stereocenters. The van der Waals surface area contributed by atoms with E-state index in [0.29, 0.717) is 21.9 Å². The fraction of sp³-hybridized carbons (Fsp3) is 0.500. The lowest BCUT2D eigenvalue weighted by molar-refractivity contribution is 0.0724. The fourth-order valence-electron chi connectivity index (χ4n) is 2.28. The number of piperidine rings is 1. The van der Waals surface area contributed by atoms with Crippen molar-refractivity contribution in [3.8, 4) is 11.5 Å². The first-order chi connectivity index (χ1) is 9.17. The topological polar surface area (TPSA) is 38.8 Å². The number of hydrogen-bond donors (Lipinski definition) is 0. The van der Waals surface area contributed by atoms with Crippen LogP contribution in [0.3, 0.4) is 0 Å². The van der Waals surface area contributed by atoms with Crippen molar-refractivity contribution < 1.29 is 14.3 Å². The zero-order chi connectivity index (χ0) is 13.8. The molecule has 19 heavy (non-hydrogen) atoms. The maximum Gasteiger partial charge on any atom is 0.257 e. The zero-order valence-corrected chi connectivity index (χ0v) is 12.8. The summed E-state index contributed by atoms with van der Waals surface area (Å²) in [5.41, 5.74) is 0.565. The Bertz CT molecular complexity index is 456. The molecule has 1 amide bonds. The predicted octanol–water partition coefficient (Wildman–Crippen LogP) is 2.70. The first-order valence-corrected chi connectivity index (χ1v) is 7.23. The molecule has 0 bridgehead atoms. The largest absolute Gasteiger partial charge is 0.493 e. The first kappa shape index (κ1) is 14.2. The van der Waals surface area contributed by atoms with E-state index in [4.69, 9.17) is 9.47 Å². The summed E-state index contributed by atoms with van der Waals surface area (Å²) in [5, 5.41) is 0. The van der Waals surface area contributed by atoms with Crippen molar-refractivity contribution in [1.82, 2.24) is 4.90 Å². The minimum absolute atomic E-state index is 0.00940. The van der Waals surface area contributed by atoms with Crippen molar-refractivity contribution in [3.63, 3.8) is 0 Å². The highest BCUT2D eigenvalue weighted by atomic mass is 79.9. The van der Waals surface area contributed by atoms with Crippen LogP contribution in [-0.2, 0) is 0 Å². The lowest BCUT2D eigenvalue weighted by Gasteiger charge is -2.30. The van der Waals surface area contributed by atoms with Gasteiger partial charge in [-0.15, -0.1) is 0 Å². The Morgan fingerprint density at radius 1 is 1.26 bits per heavy atom. The molecule has 0 atom stereocenters. The van der Waals surface area contributed by atoms with E-state index in [1.54, 1.807) is 26.4 Å². The summed E-state index contributed by atoms with van der Waals surface area (Å²) in [6.07, 6.45) is 1.97. The summed E-state index contributed by atoms with van der Waals surface area (Å²) < 4.78 is 10.5. The highest BCUT2D eigenvalue weighted by molar-refractivity contribution is 9.09. The van der Waals surface area contributed by atoms with Gasteiger partial charge in [0.2, 0.25) is 0 Å². The van der Waals surface area contributed by atoms with Crippen molar-refractivity contribution in [2.45, 2.75) is 17.7 Å². The molecule has 1 heterocycles. The molecule has 1 aliphatic heterocycles. The molecule has 104 valence electrons. The van der Waals surface area contributed by atoms with E-state index >= 15 is 0 Å². The Labute approximate surface area is 121 Å². The van der Waals surface area contributed by atoms with Gasteiger partial charge in [0.05, 0.1) is 19.8 Å². The van der Waals surface area contributed by atoms with Crippen molar-refractivity contribution in [2.75, 3.05) is 27.3 Å². The number of nitrogens with zero attached hydrogens (tertiary/aromatic N) is 1. The van der Waals surface area contributed by atoms with Crippen LogP contribution in [0.1, 0.15) is 23.2 Å². The quantitative estimate of drug-likeness (QED) is 0.801. The van der Waals surface area contributed by atoms with E-state index < -0.39 is 0 Å². The average Bonchev–Trinajstić information content (AvgIpc) is 2.46. The number of hydrogen-bond acceptors (Lipinski definition) is 3. The number of likely N-dealkylation sites (tertiary alicyclic amines) is 1.